The molecule has 3 amide bonds. The summed E-state index contributed by atoms with van der Waals surface area (Å²) < 4.78 is 31.2. The van der Waals surface area contributed by atoms with Gasteiger partial charge in [-0.3, -0.25) is 19.2 Å². The molecule has 0 spiro atoms. The molecule has 3 rings (SSSR count). The van der Waals surface area contributed by atoms with E-state index in [4.69, 9.17) is 4.74 Å². The number of carbonyl (C=O) groups excluding carboxylic acids is 4. The van der Waals surface area contributed by atoms with E-state index < -0.39 is 47.4 Å². The van der Waals surface area contributed by atoms with E-state index in [0.29, 0.717) is 10.6 Å². The Morgan fingerprint density at radius 2 is 1.86 bits per heavy atom. The van der Waals surface area contributed by atoms with Gasteiger partial charge in [0, 0.05) is 44.4 Å². The maximum absolute atomic E-state index is 13.1. The number of hydrogen-bond donors (Lipinski definition) is 3. The molecule has 2 atom stereocenters. The summed E-state index contributed by atoms with van der Waals surface area (Å²) in [5.41, 5.74) is 0.710. The zero-order valence-electron chi connectivity index (χ0n) is 19.7. The van der Waals surface area contributed by atoms with Crippen LogP contribution >= 0.6 is 11.3 Å². The zero-order valence-corrected chi connectivity index (χ0v) is 20.5. The quantitative estimate of drug-likeness (QED) is 0.343. The van der Waals surface area contributed by atoms with Crippen molar-refractivity contribution in [3.05, 3.63) is 52.5 Å². The Balaban J connectivity index is 1.64. The second-order valence-corrected chi connectivity index (χ2v) is 9.61. The number of aromatic nitrogens is 1. The van der Waals surface area contributed by atoms with E-state index in [1.54, 1.807) is 41.9 Å². The molecule has 2 aromatic rings. The highest BCUT2D eigenvalue weighted by molar-refractivity contribution is 7.09. The van der Waals surface area contributed by atoms with Gasteiger partial charge in [-0.1, -0.05) is 30.3 Å². The number of rotatable bonds is 13. The lowest BCUT2D eigenvalue weighted by molar-refractivity contribution is -0.141. The monoisotopic (exact) mass is 522 g/mol. The third-order valence-electron chi connectivity index (χ3n) is 5.66. The van der Waals surface area contributed by atoms with Gasteiger partial charge in [0.1, 0.15) is 17.1 Å². The van der Waals surface area contributed by atoms with Gasteiger partial charge in [-0.05, 0) is 11.5 Å². The van der Waals surface area contributed by atoms with Gasteiger partial charge in [-0.2, -0.15) is 0 Å². The average Bonchev–Trinajstić information content (AvgIpc) is 3.34. The second kappa shape index (κ2) is 12.6. The molecule has 3 N–H and O–H groups in total. The number of nitrogens with one attached hydrogen (secondary N) is 3. The third kappa shape index (κ3) is 8.16. The fourth-order valence-electron chi connectivity index (χ4n) is 3.87. The van der Waals surface area contributed by atoms with Crippen LogP contribution in [0.3, 0.4) is 0 Å². The van der Waals surface area contributed by atoms with Crippen molar-refractivity contribution in [3.8, 4) is 0 Å². The summed E-state index contributed by atoms with van der Waals surface area (Å²) in [6.07, 6.45) is 0.735. The Morgan fingerprint density at radius 1 is 1.14 bits per heavy atom. The van der Waals surface area contributed by atoms with Crippen LogP contribution in [-0.2, 0) is 36.9 Å². The van der Waals surface area contributed by atoms with Gasteiger partial charge in [-0.25, -0.2) is 13.8 Å². The molecule has 194 valence electrons. The molecule has 1 aliphatic rings. The molecule has 0 radical (unpaired) electrons. The number of benzene rings is 1. The average molecular weight is 523 g/mol. The van der Waals surface area contributed by atoms with Crippen LogP contribution in [-0.4, -0.2) is 60.2 Å². The van der Waals surface area contributed by atoms with E-state index in [9.17, 15) is 28.0 Å². The predicted octanol–water partition coefficient (Wildman–Crippen LogP) is 1.62. The molecule has 36 heavy (non-hydrogen) atoms. The fourth-order valence-corrected chi connectivity index (χ4v) is 4.42. The van der Waals surface area contributed by atoms with Gasteiger partial charge < -0.3 is 20.7 Å². The summed E-state index contributed by atoms with van der Waals surface area (Å²) >= 11 is 1.32. The van der Waals surface area contributed by atoms with Crippen LogP contribution < -0.4 is 16.0 Å². The Morgan fingerprint density at radius 3 is 2.47 bits per heavy atom. The van der Waals surface area contributed by atoms with E-state index in [-0.39, 0.29) is 38.8 Å². The molecular weight excluding hydrogens is 494 g/mol. The van der Waals surface area contributed by atoms with Crippen molar-refractivity contribution < 1.29 is 32.7 Å². The molecule has 0 saturated heterocycles. The molecule has 1 aliphatic carbocycles. The molecule has 9 nitrogen and oxygen atoms in total. The summed E-state index contributed by atoms with van der Waals surface area (Å²) in [5.74, 6) is -6.25. The van der Waals surface area contributed by atoms with Gasteiger partial charge >= 0.3 is 0 Å². The van der Waals surface area contributed by atoms with E-state index >= 15 is 0 Å². The number of ether oxygens (including phenoxy) is 1. The van der Waals surface area contributed by atoms with E-state index in [1.165, 1.54) is 18.4 Å². The van der Waals surface area contributed by atoms with E-state index in [1.807, 2.05) is 0 Å². The Bertz CT molecular complexity index is 1040. The van der Waals surface area contributed by atoms with Crippen LogP contribution in [0.1, 0.15) is 29.8 Å². The number of thiazole rings is 1. The SMILES string of the molecule is COC[C@@H](NC(=O)CC1CC(F)(F)C1)C(=O)N[C@H](Cc1ccccc1)C(=O)C(=O)NCc1nccs1. The molecule has 1 saturated carbocycles. The molecule has 0 unspecified atom stereocenters. The normalized spacial score (nSPS) is 16.3. The number of methoxy groups -OCH3 is 1. The van der Waals surface area contributed by atoms with Crippen molar-refractivity contribution in [1.82, 2.24) is 20.9 Å². The minimum absolute atomic E-state index is 0.0426. The zero-order chi connectivity index (χ0) is 26.1. The smallest absolute Gasteiger partial charge is 0.289 e. The van der Waals surface area contributed by atoms with Crippen LogP contribution in [0.15, 0.2) is 41.9 Å². The highest BCUT2D eigenvalue weighted by Crippen LogP contribution is 2.43. The van der Waals surface area contributed by atoms with Crippen LogP contribution in [0.4, 0.5) is 8.78 Å². The van der Waals surface area contributed by atoms with Crippen LogP contribution in [0.2, 0.25) is 0 Å². The maximum atomic E-state index is 13.1. The molecule has 1 fully saturated rings. The molecule has 1 heterocycles. The van der Waals surface area contributed by atoms with Gasteiger partial charge in [0.05, 0.1) is 13.2 Å². The van der Waals surface area contributed by atoms with Crippen LogP contribution in [0.5, 0.6) is 0 Å². The first-order valence-corrected chi connectivity index (χ1v) is 12.3. The van der Waals surface area contributed by atoms with Crippen molar-refractivity contribution in [2.24, 2.45) is 5.92 Å². The van der Waals surface area contributed by atoms with Gasteiger partial charge in [-0.15, -0.1) is 11.3 Å². The molecule has 1 aromatic carbocycles. The molecule has 0 bridgehead atoms. The van der Waals surface area contributed by atoms with Gasteiger partial charge in [0.25, 0.3) is 5.91 Å². The highest BCUT2D eigenvalue weighted by atomic mass is 32.1. The Kier molecular flexibility index (Phi) is 9.59. The number of ketones is 1. The van der Waals surface area contributed by atoms with Gasteiger partial charge in [0.2, 0.25) is 23.5 Å². The van der Waals surface area contributed by atoms with Crippen molar-refractivity contribution in [2.45, 2.75) is 50.2 Å². The summed E-state index contributed by atoms with van der Waals surface area (Å²) in [6, 6.07) is 6.44. The summed E-state index contributed by atoms with van der Waals surface area (Å²) in [7, 11) is 1.33. The van der Waals surface area contributed by atoms with Crippen molar-refractivity contribution in [3.63, 3.8) is 0 Å². The molecular formula is C24H28F2N4O5S. The summed E-state index contributed by atoms with van der Waals surface area (Å²) in [6.45, 7) is -0.141. The number of nitrogens with zero attached hydrogens (tertiary/aromatic N) is 1. The lowest BCUT2D eigenvalue weighted by Gasteiger charge is -2.34. The van der Waals surface area contributed by atoms with Crippen molar-refractivity contribution >= 4 is 34.8 Å². The highest BCUT2D eigenvalue weighted by Gasteiger charge is 2.46. The number of alkyl halides is 2. The van der Waals surface area contributed by atoms with Crippen molar-refractivity contribution in [2.75, 3.05) is 13.7 Å². The summed E-state index contributed by atoms with van der Waals surface area (Å²) in [4.78, 5) is 54.9. The van der Waals surface area contributed by atoms with Gasteiger partial charge in [0.15, 0.2) is 0 Å². The van der Waals surface area contributed by atoms with Crippen LogP contribution in [0, 0.1) is 5.92 Å². The number of amides is 3. The number of Topliss-reactive ketones (excluding diaryl/α,β-unsaturated/α-hetero) is 1. The van der Waals surface area contributed by atoms with Crippen LogP contribution in [0.25, 0.3) is 0 Å². The predicted molar refractivity (Wildman–Crippen MR) is 127 cm³/mol. The van der Waals surface area contributed by atoms with Crippen molar-refractivity contribution in [1.29, 1.82) is 0 Å². The molecule has 0 aliphatic heterocycles. The first kappa shape index (κ1) is 27.3. The number of hydrogen-bond acceptors (Lipinski definition) is 7. The third-order valence-corrected chi connectivity index (χ3v) is 6.44. The minimum Gasteiger partial charge on any atom is -0.382 e. The molecule has 1 aromatic heterocycles. The molecule has 12 heteroatoms. The van der Waals surface area contributed by atoms with E-state index in [0.717, 1.165) is 0 Å². The summed E-state index contributed by atoms with van der Waals surface area (Å²) in [5, 5.41) is 9.89. The first-order valence-electron chi connectivity index (χ1n) is 11.4. The largest absolute Gasteiger partial charge is 0.382 e. The topological polar surface area (TPSA) is 126 Å². The first-order chi connectivity index (χ1) is 17.2. The lowest BCUT2D eigenvalue weighted by atomic mass is 9.79. The maximum Gasteiger partial charge on any atom is 0.289 e. The lowest BCUT2D eigenvalue weighted by Crippen LogP contribution is -2.56. The Labute approximate surface area is 211 Å². The minimum atomic E-state index is -2.75. The number of carbonyl (C=O) groups is 4. The Hall–Kier alpha value is -3.25. The second-order valence-electron chi connectivity index (χ2n) is 8.63. The number of halogens is 2. The van der Waals surface area contributed by atoms with E-state index in [2.05, 4.69) is 20.9 Å². The standard InChI is InChI=1S/C24H28F2N4O5S/c1-35-14-18(29-19(31)10-16-11-24(25,26)12-16)22(33)30-17(9-15-5-3-2-4-6-15)21(32)23(34)28-13-20-27-7-8-36-20/h2-8,16-18H,9-14H2,1H3,(H,28,34)(H,29,31)(H,30,33)/t17-,18-/m1/s1. The fraction of sp³-hybridized carbons (Fsp3) is 0.458.